The second kappa shape index (κ2) is 10.4. The minimum Gasteiger partial charge on any atom is -0.486 e. The van der Waals surface area contributed by atoms with E-state index in [0.29, 0.717) is 39.9 Å². The summed E-state index contributed by atoms with van der Waals surface area (Å²) in [6.45, 7) is 1.47. The Hall–Kier alpha value is -2.28. The van der Waals surface area contributed by atoms with Crippen LogP contribution in [0.5, 0.6) is 11.5 Å². The van der Waals surface area contributed by atoms with Gasteiger partial charge in [0, 0.05) is 16.6 Å². The van der Waals surface area contributed by atoms with Gasteiger partial charge in [-0.15, -0.1) is 21.5 Å². The smallest absolute Gasteiger partial charge is 0.237 e. The van der Waals surface area contributed by atoms with Gasteiger partial charge in [-0.2, -0.15) is 0 Å². The van der Waals surface area contributed by atoms with Gasteiger partial charge in [-0.3, -0.25) is 9.59 Å². The molecule has 1 aliphatic heterocycles. The SMILES string of the molecule is NC(=O)CSc1nnc(SCC(=O)N(Cc2cccs2)c2ccc3c(c2)OCCO3)s1. The topological polar surface area (TPSA) is 108 Å². The number of carbonyl (C=O) groups is 2. The Labute approximate surface area is 195 Å². The van der Waals surface area contributed by atoms with Gasteiger partial charge in [0.25, 0.3) is 0 Å². The number of anilines is 1. The van der Waals surface area contributed by atoms with E-state index in [2.05, 4.69) is 10.2 Å². The highest BCUT2D eigenvalue weighted by Gasteiger charge is 2.21. The molecule has 0 radical (unpaired) electrons. The lowest BCUT2D eigenvalue weighted by atomic mass is 10.2. The molecule has 2 N–H and O–H groups in total. The van der Waals surface area contributed by atoms with E-state index in [4.69, 9.17) is 15.2 Å². The fourth-order valence-electron chi connectivity index (χ4n) is 2.73. The lowest BCUT2D eigenvalue weighted by molar-refractivity contribution is -0.116. The molecule has 0 atom stereocenters. The van der Waals surface area contributed by atoms with Crippen molar-refractivity contribution in [1.82, 2.24) is 10.2 Å². The molecule has 0 fully saturated rings. The molecular weight excluding hydrogens is 477 g/mol. The first-order valence-corrected chi connectivity index (χ1v) is 12.8. The van der Waals surface area contributed by atoms with E-state index in [1.165, 1.54) is 34.9 Å². The van der Waals surface area contributed by atoms with Gasteiger partial charge in [-0.1, -0.05) is 40.9 Å². The maximum Gasteiger partial charge on any atom is 0.237 e. The van der Waals surface area contributed by atoms with Crippen molar-refractivity contribution in [3.8, 4) is 11.5 Å². The first-order valence-electron chi connectivity index (χ1n) is 9.18. The van der Waals surface area contributed by atoms with E-state index in [-0.39, 0.29) is 17.4 Å². The first kappa shape index (κ1) is 21.9. The Morgan fingerprint density at radius 2 is 1.81 bits per heavy atom. The molecule has 0 saturated carbocycles. The van der Waals surface area contributed by atoms with E-state index in [0.717, 1.165) is 10.6 Å². The highest BCUT2D eigenvalue weighted by Crippen LogP contribution is 2.35. The fraction of sp³-hybridized carbons (Fsp3) is 0.263. The third-order valence-electron chi connectivity index (χ3n) is 4.08. The monoisotopic (exact) mass is 494 g/mol. The number of aromatic nitrogens is 2. The fourth-order valence-corrected chi connectivity index (χ4v) is 6.06. The average molecular weight is 495 g/mol. The van der Waals surface area contributed by atoms with Crippen molar-refractivity contribution in [2.24, 2.45) is 5.73 Å². The van der Waals surface area contributed by atoms with Crippen LogP contribution in [0.25, 0.3) is 0 Å². The molecule has 3 aromatic rings. The number of thiophene rings is 1. The minimum absolute atomic E-state index is 0.0587. The Balaban J connectivity index is 1.46. The number of amides is 2. The number of benzene rings is 1. The summed E-state index contributed by atoms with van der Waals surface area (Å²) in [5.41, 5.74) is 5.91. The molecule has 0 saturated heterocycles. The molecule has 4 rings (SSSR count). The standard InChI is InChI=1S/C19H18N4O4S4/c20-16(24)10-29-18-21-22-19(31-18)30-11-17(25)23(9-13-2-1-7-28-13)12-3-4-14-15(8-12)27-6-5-26-14/h1-4,7-8H,5-6,9-11H2,(H2,20,24). The highest BCUT2D eigenvalue weighted by atomic mass is 32.2. The molecule has 31 heavy (non-hydrogen) atoms. The summed E-state index contributed by atoms with van der Waals surface area (Å²) in [5, 5.41) is 10.1. The van der Waals surface area contributed by atoms with Gasteiger partial charge in [0.15, 0.2) is 20.2 Å². The third-order valence-corrected chi connectivity index (χ3v) is 8.14. The van der Waals surface area contributed by atoms with Gasteiger partial charge >= 0.3 is 0 Å². The molecule has 8 nitrogen and oxygen atoms in total. The van der Waals surface area contributed by atoms with Crippen molar-refractivity contribution >= 4 is 63.7 Å². The van der Waals surface area contributed by atoms with Crippen LogP contribution in [0.2, 0.25) is 0 Å². The molecule has 0 unspecified atom stereocenters. The van der Waals surface area contributed by atoms with Crippen LogP contribution in [-0.4, -0.2) is 46.7 Å². The zero-order valence-corrected chi connectivity index (χ0v) is 19.5. The van der Waals surface area contributed by atoms with Crippen LogP contribution in [0.4, 0.5) is 5.69 Å². The molecule has 0 aliphatic carbocycles. The summed E-state index contributed by atoms with van der Waals surface area (Å²) < 4.78 is 12.6. The molecule has 2 aromatic heterocycles. The van der Waals surface area contributed by atoms with Crippen LogP contribution < -0.4 is 20.1 Å². The Morgan fingerprint density at radius 3 is 2.52 bits per heavy atom. The third kappa shape index (κ3) is 5.91. The predicted molar refractivity (Wildman–Crippen MR) is 123 cm³/mol. The molecule has 3 heterocycles. The van der Waals surface area contributed by atoms with E-state index in [9.17, 15) is 9.59 Å². The van der Waals surface area contributed by atoms with Crippen molar-refractivity contribution in [2.75, 3.05) is 29.6 Å². The maximum absolute atomic E-state index is 13.2. The lowest BCUT2D eigenvalue weighted by Crippen LogP contribution is -2.31. The van der Waals surface area contributed by atoms with Gasteiger partial charge in [0.05, 0.1) is 18.1 Å². The second-order valence-electron chi connectivity index (χ2n) is 6.26. The summed E-state index contributed by atoms with van der Waals surface area (Å²) >= 11 is 5.50. The summed E-state index contributed by atoms with van der Waals surface area (Å²) in [7, 11) is 0. The van der Waals surface area contributed by atoms with Crippen LogP contribution in [0.1, 0.15) is 4.88 Å². The summed E-state index contributed by atoms with van der Waals surface area (Å²) in [6, 6.07) is 9.51. The molecule has 1 aromatic carbocycles. The zero-order valence-electron chi connectivity index (χ0n) is 16.2. The van der Waals surface area contributed by atoms with Crippen molar-refractivity contribution in [1.29, 1.82) is 0 Å². The van der Waals surface area contributed by atoms with Gasteiger partial charge < -0.3 is 20.1 Å². The van der Waals surface area contributed by atoms with Gasteiger partial charge in [-0.05, 0) is 23.6 Å². The summed E-state index contributed by atoms with van der Waals surface area (Å²) in [6.07, 6.45) is 0. The van der Waals surface area contributed by atoms with Crippen molar-refractivity contribution in [3.63, 3.8) is 0 Å². The number of hydrogen-bond acceptors (Lipinski definition) is 10. The van der Waals surface area contributed by atoms with Gasteiger partial charge in [0.1, 0.15) is 13.2 Å². The number of rotatable bonds is 9. The van der Waals surface area contributed by atoms with Crippen LogP contribution in [0, 0.1) is 0 Å². The van der Waals surface area contributed by atoms with Gasteiger partial charge in [-0.25, -0.2) is 0 Å². The Morgan fingerprint density at radius 1 is 1.06 bits per heavy atom. The molecule has 12 heteroatoms. The molecular formula is C19H18N4O4S4. The Bertz CT molecular complexity index is 1060. The molecule has 1 aliphatic rings. The second-order valence-corrected chi connectivity index (χ2v) is 10.7. The number of ether oxygens (including phenoxy) is 2. The molecule has 162 valence electrons. The Kier molecular flexibility index (Phi) is 7.33. The van der Waals surface area contributed by atoms with Gasteiger partial charge in [0.2, 0.25) is 11.8 Å². The number of thioether (sulfide) groups is 2. The number of nitrogens with zero attached hydrogens (tertiary/aromatic N) is 3. The van der Waals surface area contributed by atoms with E-state index in [1.54, 1.807) is 16.2 Å². The van der Waals surface area contributed by atoms with Crippen molar-refractivity contribution in [2.45, 2.75) is 15.2 Å². The van der Waals surface area contributed by atoms with Crippen LogP contribution in [0.3, 0.4) is 0 Å². The minimum atomic E-state index is -0.409. The first-order chi connectivity index (χ1) is 15.1. The van der Waals surface area contributed by atoms with Crippen LogP contribution >= 0.6 is 46.2 Å². The molecule has 0 bridgehead atoms. The highest BCUT2D eigenvalue weighted by molar-refractivity contribution is 8.03. The lowest BCUT2D eigenvalue weighted by Gasteiger charge is -2.25. The number of fused-ring (bicyclic) bond motifs is 1. The van der Waals surface area contributed by atoms with E-state index < -0.39 is 5.91 Å². The number of nitrogens with two attached hydrogens (primary N) is 1. The number of primary amides is 1. The zero-order chi connectivity index (χ0) is 21.6. The van der Waals surface area contributed by atoms with Crippen molar-refractivity contribution in [3.05, 3.63) is 40.6 Å². The maximum atomic E-state index is 13.2. The number of carbonyl (C=O) groups excluding carboxylic acids is 2. The molecule has 2 amide bonds. The summed E-state index contributed by atoms with van der Waals surface area (Å²) in [4.78, 5) is 26.9. The van der Waals surface area contributed by atoms with Crippen molar-refractivity contribution < 1.29 is 19.1 Å². The largest absolute Gasteiger partial charge is 0.486 e. The predicted octanol–water partition coefficient (Wildman–Crippen LogP) is 3.27. The van der Waals surface area contributed by atoms with Crippen LogP contribution in [0.15, 0.2) is 44.4 Å². The number of hydrogen-bond donors (Lipinski definition) is 1. The van der Waals surface area contributed by atoms with E-state index >= 15 is 0 Å². The van der Waals surface area contributed by atoms with E-state index in [1.807, 2.05) is 35.7 Å². The summed E-state index contributed by atoms with van der Waals surface area (Å²) in [5.74, 6) is 1.21. The van der Waals surface area contributed by atoms with Crippen LogP contribution in [-0.2, 0) is 16.1 Å². The quantitative estimate of drug-likeness (QED) is 0.452. The average Bonchev–Trinajstić information content (AvgIpc) is 3.46. The molecule has 0 spiro atoms. The normalized spacial score (nSPS) is 12.5.